The van der Waals surface area contributed by atoms with Gasteiger partial charge in [-0.25, -0.2) is 9.97 Å². The summed E-state index contributed by atoms with van der Waals surface area (Å²) >= 11 is 6.25. The lowest BCUT2D eigenvalue weighted by Gasteiger charge is -2.20. The summed E-state index contributed by atoms with van der Waals surface area (Å²) in [4.78, 5) is 34.4. The van der Waals surface area contributed by atoms with Gasteiger partial charge in [0.2, 0.25) is 5.91 Å². The fourth-order valence-corrected chi connectivity index (χ4v) is 4.16. The molecule has 0 saturated carbocycles. The third-order valence-electron chi connectivity index (χ3n) is 5.90. The van der Waals surface area contributed by atoms with Crippen LogP contribution in [-0.4, -0.2) is 39.9 Å². The smallest absolute Gasteiger partial charge is 0.223 e. The van der Waals surface area contributed by atoms with Crippen molar-refractivity contribution < 1.29 is 19.4 Å². The van der Waals surface area contributed by atoms with Gasteiger partial charge in [-0.2, -0.15) is 0 Å². The summed E-state index contributed by atoms with van der Waals surface area (Å²) < 4.78 is 5.78. The number of rotatable bonds is 1. The number of nitrogens with zero attached hydrogens (tertiary/aromatic N) is 2. The number of halogens is 1. The number of benzene rings is 2. The maximum absolute atomic E-state index is 13.0. The highest BCUT2D eigenvalue weighted by Gasteiger charge is 2.25. The predicted molar refractivity (Wildman–Crippen MR) is 131 cm³/mol. The number of phenols is 1. The number of aromatic nitrogens is 2. The number of amides is 1. The molecule has 0 radical (unpaired) electrons. The van der Waals surface area contributed by atoms with E-state index >= 15 is 0 Å². The Hall–Kier alpha value is -3.39. The Balaban J connectivity index is 1.76. The molecule has 0 fully saturated rings. The topological polar surface area (TPSA) is 113 Å². The number of hydrogen-bond donors (Lipinski definition) is 3. The van der Waals surface area contributed by atoms with E-state index in [0.29, 0.717) is 52.8 Å². The largest absolute Gasteiger partial charge is 0.504 e. The van der Waals surface area contributed by atoms with Crippen LogP contribution in [0.1, 0.15) is 32.3 Å². The number of phenolic OH excluding ortho intramolecular Hbond substituents is 1. The first kappa shape index (κ1) is 23.8. The van der Waals surface area contributed by atoms with E-state index in [1.807, 2.05) is 13.8 Å². The minimum Gasteiger partial charge on any atom is -0.504 e. The molecule has 9 heteroatoms. The van der Waals surface area contributed by atoms with Crippen molar-refractivity contribution in [1.82, 2.24) is 15.3 Å². The van der Waals surface area contributed by atoms with E-state index in [4.69, 9.17) is 16.3 Å². The van der Waals surface area contributed by atoms with Crippen molar-refractivity contribution in [2.45, 2.75) is 33.1 Å². The number of ether oxygens (including phenoxy) is 1. The lowest BCUT2D eigenvalue weighted by molar-refractivity contribution is -0.130. The molecule has 1 atom stereocenters. The van der Waals surface area contributed by atoms with Gasteiger partial charge >= 0.3 is 0 Å². The molecule has 178 valence electrons. The van der Waals surface area contributed by atoms with E-state index in [1.165, 1.54) is 12.4 Å². The van der Waals surface area contributed by atoms with Crippen molar-refractivity contribution in [3.05, 3.63) is 47.2 Å². The predicted octanol–water partition coefficient (Wildman–Crippen LogP) is 4.41. The first-order valence-corrected chi connectivity index (χ1v) is 11.6. The van der Waals surface area contributed by atoms with Crippen LogP contribution in [0, 0.1) is 11.8 Å². The fraction of sp³-hybridized carbons (Fsp3) is 0.360. The molecule has 0 aliphatic carbocycles. The number of anilines is 2. The summed E-state index contributed by atoms with van der Waals surface area (Å²) in [7, 11) is 0. The number of hydrogen-bond acceptors (Lipinski definition) is 7. The molecule has 3 aromatic rings. The van der Waals surface area contributed by atoms with Crippen LogP contribution in [0.25, 0.3) is 10.9 Å². The summed E-state index contributed by atoms with van der Waals surface area (Å²) in [6.45, 7) is 4.57. The molecule has 3 N–H and O–H groups in total. The van der Waals surface area contributed by atoms with Crippen LogP contribution in [0.5, 0.6) is 11.5 Å². The maximum Gasteiger partial charge on any atom is 0.223 e. The monoisotopic (exact) mass is 482 g/mol. The molecule has 34 heavy (non-hydrogen) atoms. The number of Topliss-reactive ketones (excluding diaryl/α,β-unsaturated/α-hetero) is 1. The summed E-state index contributed by atoms with van der Waals surface area (Å²) in [6, 6.07) is 8.45. The Morgan fingerprint density at radius 3 is 2.79 bits per heavy atom. The highest BCUT2D eigenvalue weighted by molar-refractivity contribution is 6.31. The van der Waals surface area contributed by atoms with Gasteiger partial charge in [0, 0.05) is 47.5 Å². The minimum absolute atomic E-state index is 0.0119. The molecular formula is C25H27ClN4O4. The number of carbonyl (C=O) groups excluding carboxylic acids is 2. The number of carbonyl (C=O) groups is 2. The Bertz CT molecular complexity index is 1230. The van der Waals surface area contributed by atoms with Gasteiger partial charge in [0.1, 0.15) is 17.9 Å². The van der Waals surface area contributed by atoms with Gasteiger partial charge in [-0.05, 0) is 36.1 Å². The van der Waals surface area contributed by atoms with Crippen LogP contribution in [0.2, 0.25) is 5.02 Å². The number of ketones is 1. The molecule has 2 aromatic carbocycles. The first-order chi connectivity index (χ1) is 16.3. The zero-order valence-corrected chi connectivity index (χ0v) is 19.9. The molecule has 4 rings (SSSR count). The molecular weight excluding hydrogens is 456 g/mol. The molecule has 1 unspecified atom stereocenters. The van der Waals surface area contributed by atoms with E-state index in [-0.39, 0.29) is 36.2 Å². The molecule has 1 aromatic heterocycles. The summed E-state index contributed by atoms with van der Waals surface area (Å²) in [6.07, 6.45) is 2.23. The molecule has 2 heterocycles. The van der Waals surface area contributed by atoms with E-state index < -0.39 is 5.92 Å². The third-order valence-corrected chi connectivity index (χ3v) is 6.13. The van der Waals surface area contributed by atoms with Crippen molar-refractivity contribution >= 4 is 45.7 Å². The van der Waals surface area contributed by atoms with Crippen LogP contribution in [0.15, 0.2) is 36.7 Å². The molecule has 2 bridgehead atoms. The van der Waals surface area contributed by atoms with Crippen molar-refractivity contribution in [2.24, 2.45) is 11.8 Å². The van der Waals surface area contributed by atoms with Crippen LogP contribution in [0.4, 0.5) is 11.5 Å². The zero-order valence-electron chi connectivity index (χ0n) is 19.1. The summed E-state index contributed by atoms with van der Waals surface area (Å²) in [5, 5.41) is 17.7. The van der Waals surface area contributed by atoms with Gasteiger partial charge in [-0.3, -0.25) is 9.59 Å². The SMILES string of the molecule is CC(C)C1CC(=O)Cc2ccc(Cl)cc2Nc2ncnc3cc(O)c(cc23)OCCCNC1=O. The average molecular weight is 483 g/mol. The van der Waals surface area contributed by atoms with Crippen molar-refractivity contribution in [2.75, 3.05) is 18.5 Å². The molecule has 1 amide bonds. The van der Waals surface area contributed by atoms with Crippen molar-refractivity contribution in [3.8, 4) is 11.5 Å². The Morgan fingerprint density at radius 2 is 2.00 bits per heavy atom. The zero-order chi connectivity index (χ0) is 24.2. The van der Waals surface area contributed by atoms with Gasteiger partial charge in [0.25, 0.3) is 0 Å². The molecule has 0 saturated heterocycles. The lowest BCUT2D eigenvalue weighted by Crippen LogP contribution is -2.36. The van der Waals surface area contributed by atoms with E-state index in [9.17, 15) is 14.7 Å². The molecule has 1 aliphatic rings. The maximum atomic E-state index is 13.0. The van der Waals surface area contributed by atoms with Crippen LogP contribution < -0.4 is 15.4 Å². The normalized spacial score (nSPS) is 17.6. The van der Waals surface area contributed by atoms with Gasteiger partial charge < -0.3 is 20.5 Å². The second kappa shape index (κ2) is 10.3. The Kier molecular flexibility index (Phi) is 7.17. The highest BCUT2D eigenvalue weighted by atomic mass is 35.5. The van der Waals surface area contributed by atoms with Gasteiger partial charge in [-0.15, -0.1) is 0 Å². The average Bonchev–Trinajstić information content (AvgIpc) is 2.79. The highest BCUT2D eigenvalue weighted by Crippen LogP contribution is 2.35. The Morgan fingerprint density at radius 1 is 1.18 bits per heavy atom. The van der Waals surface area contributed by atoms with Crippen LogP contribution >= 0.6 is 11.6 Å². The lowest BCUT2D eigenvalue weighted by atomic mass is 9.88. The first-order valence-electron chi connectivity index (χ1n) is 11.3. The van der Waals surface area contributed by atoms with Crippen molar-refractivity contribution in [3.63, 3.8) is 0 Å². The summed E-state index contributed by atoms with van der Waals surface area (Å²) in [5.41, 5.74) is 1.90. The Labute approximate surface area is 202 Å². The standard InChI is InChI=1S/C25H27ClN4O4/c1-14(2)18-10-17(31)8-15-4-5-16(26)9-20(15)30-24-19-11-23(34-7-3-6-27-25(18)33)22(32)12-21(19)28-13-29-24/h4-5,9,11-14,18,32H,3,6-8,10H2,1-2H3,(H,27,33)(H,28,29,30). The second-order valence-corrected chi connectivity index (χ2v) is 9.19. The van der Waals surface area contributed by atoms with Gasteiger partial charge in [0.05, 0.1) is 12.1 Å². The number of fused-ring (bicyclic) bond motifs is 2. The quantitative estimate of drug-likeness (QED) is 0.471. The minimum atomic E-state index is -0.423. The molecule has 0 spiro atoms. The van der Waals surface area contributed by atoms with E-state index in [1.54, 1.807) is 24.3 Å². The van der Waals surface area contributed by atoms with E-state index in [0.717, 1.165) is 5.56 Å². The third kappa shape index (κ3) is 5.39. The molecule has 8 nitrogen and oxygen atoms in total. The van der Waals surface area contributed by atoms with Gasteiger partial charge in [0.15, 0.2) is 11.5 Å². The summed E-state index contributed by atoms with van der Waals surface area (Å²) in [5.74, 6) is 0.162. The number of nitrogens with one attached hydrogen (secondary N) is 2. The van der Waals surface area contributed by atoms with Crippen LogP contribution in [-0.2, 0) is 16.0 Å². The molecule has 1 aliphatic heterocycles. The number of aromatic hydroxyl groups is 1. The van der Waals surface area contributed by atoms with Gasteiger partial charge in [-0.1, -0.05) is 31.5 Å². The fourth-order valence-electron chi connectivity index (χ4n) is 3.99. The second-order valence-electron chi connectivity index (χ2n) is 8.75. The van der Waals surface area contributed by atoms with Crippen molar-refractivity contribution in [1.29, 1.82) is 0 Å². The van der Waals surface area contributed by atoms with E-state index in [2.05, 4.69) is 20.6 Å². The van der Waals surface area contributed by atoms with Crippen LogP contribution in [0.3, 0.4) is 0 Å².